The highest BCUT2D eigenvalue weighted by Gasteiger charge is 2.33. The van der Waals surface area contributed by atoms with E-state index >= 15 is 0 Å². The summed E-state index contributed by atoms with van der Waals surface area (Å²) >= 11 is 0. The molecule has 3 nitrogen and oxygen atoms in total. The second-order valence-corrected chi connectivity index (χ2v) is 3.88. The smallest absolute Gasteiger partial charge is 0.395 e. The SMILES string of the molecule is Cc1ccccc1C(=O)N(CCO)CC(F)(F)F. The first-order valence-corrected chi connectivity index (χ1v) is 5.37. The maximum atomic E-state index is 12.3. The van der Waals surface area contributed by atoms with Crippen molar-refractivity contribution in [1.29, 1.82) is 0 Å². The minimum absolute atomic E-state index is 0.218. The number of alkyl halides is 3. The van der Waals surface area contributed by atoms with E-state index in [0.29, 0.717) is 10.5 Å². The summed E-state index contributed by atoms with van der Waals surface area (Å²) < 4.78 is 37.0. The molecular formula is C12H14F3NO2. The molecule has 1 aromatic carbocycles. The highest BCUT2D eigenvalue weighted by molar-refractivity contribution is 5.95. The molecule has 0 aliphatic carbocycles. The van der Waals surface area contributed by atoms with Gasteiger partial charge in [-0.25, -0.2) is 0 Å². The van der Waals surface area contributed by atoms with Crippen molar-refractivity contribution in [2.45, 2.75) is 13.1 Å². The van der Waals surface area contributed by atoms with Crippen LogP contribution in [0.5, 0.6) is 0 Å². The van der Waals surface area contributed by atoms with Gasteiger partial charge in [0.25, 0.3) is 5.91 Å². The third-order valence-electron chi connectivity index (χ3n) is 2.40. The number of aliphatic hydroxyl groups excluding tert-OH is 1. The average Bonchev–Trinajstić information content (AvgIpc) is 2.26. The Morgan fingerprint density at radius 1 is 1.33 bits per heavy atom. The molecule has 6 heteroatoms. The molecule has 1 amide bonds. The summed E-state index contributed by atoms with van der Waals surface area (Å²) in [6.45, 7) is -0.556. The zero-order valence-corrected chi connectivity index (χ0v) is 9.87. The first kappa shape index (κ1) is 14.5. The summed E-state index contributed by atoms with van der Waals surface area (Å²) in [4.78, 5) is 12.5. The number of nitrogens with zero attached hydrogens (tertiary/aromatic N) is 1. The van der Waals surface area contributed by atoms with Crippen molar-refractivity contribution in [3.63, 3.8) is 0 Å². The van der Waals surface area contributed by atoms with Crippen molar-refractivity contribution < 1.29 is 23.1 Å². The lowest BCUT2D eigenvalue weighted by molar-refractivity contribution is -0.141. The molecule has 0 saturated carbocycles. The fraction of sp³-hybridized carbons (Fsp3) is 0.417. The normalized spacial score (nSPS) is 11.4. The van der Waals surface area contributed by atoms with Gasteiger partial charge in [0.05, 0.1) is 6.61 Å². The molecule has 0 fully saturated rings. The van der Waals surface area contributed by atoms with Crippen LogP contribution in [-0.4, -0.2) is 41.8 Å². The van der Waals surface area contributed by atoms with Gasteiger partial charge in [0.2, 0.25) is 0 Å². The lowest BCUT2D eigenvalue weighted by atomic mass is 10.1. The lowest BCUT2D eigenvalue weighted by Crippen LogP contribution is -2.40. The van der Waals surface area contributed by atoms with E-state index in [1.165, 1.54) is 6.07 Å². The van der Waals surface area contributed by atoms with Crippen LogP contribution in [0.2, 0.25) is 0 Å². The molecule has 0 unspecified atom stereocenters. The summed E-state index contributed by atoms with van der Waals surface area (Å²) in [7, 11) is 0. The summed E-state index contributed by atoms with van der Waals surface area (Å²) in [5.41, 5.74) is 0.822. The second-order valence-electron chi connectivity index (χ2n) is 3.88. The van der Waals surface area contributed by atoms with Gasteiger partial charge in [-0.15, -0.1) is 0 Å². The third-order valence-corrected chi connectivity index (χ3v) is 2.40. The third kappa shape index (κ3) is 4.03. The Bertz CT molecular complexity index is 418. The number of benzene rings is 1. The first-order valence-electron chi connectivity index (χ1n) is 5.37. The molecule has 18 heavy (non-hydrogen) atoms. The van der Waals surface area contributed by atoms with Crippen molar-refractivity contribution in [2.24, 2.45) is 0 Å². The standard InChI is InChI=1S/C12H14F3NO2/c1-9-4-2-3-5-10(9)11(18)16(6-7-17)8-12(13,14)15/h2-5,17H,6-8H2,1H3. The van der Waals surface area contributed by atoms with Crippen molar-refractivity contribution in [2.75, 3.05) is 19.7 Å². The van der Waals surface area contributed by atoms with Crippen LogP contribution in [0.4, 0.5) is 13.2 Å². The van der Waals surface area contributed by atoms with Crippen LogP contribution < -0.4 is 0 Å². The molecule has 0 heterocycles. The minimum Gasteiger partial charge on any atom is -0.395 e. The average molecular weight is 261 g/mol. The molecule has 0 aliphatic rings. The van der Waals surface area contributed by atoms with Gasteiger partial charge in [-0.1, -0.05) is 18.2 Å². The Kier molecular flexibility index (Phi) is 4.72. The van der Waals surface area contributed by atoms with Gasteiger partial charge in [0.15, 0.2) is 0 Å². The number of halogens is 3. The van der Waals surface area contributed by atoms with Crippen LogP contribution in [0.1, 0.15) is 15.9 Å². The van der Waals surface area contributed by atoms with Crippen LogP contribution >= 0.6 is 0 Å². The lowest BCUT2D eigenvalue weighted by Gasteiger charge is -2.23. The quantitative estimate of drug-likeness (QED) is 0.900. The molecule has 1 N–H and O–H groups in total. The Hall–Kier alpha value is -1.56. The molecule has 1 rings (SSSR count). The molecule has 0 atom stereocenters. The van der Waals surface area contributed by atoms with Gasteiger partial charge in [0, 0.05) is 12.1 Å². The van der Waals surface area contributed by atoms with Gasteiger partial charge >= 0.3 is 6.18 Å². The Labute approximate surface area is 103 Å². The maximum absolute atomic E-state index is 12.3. The predicted molar refractivity (Wildman–Crippen MR) is 60.2 cm³/mol. The van der Waals surface area contributed by atoms with Crippen LogP contribution in [0, 0.1) is 6.92 Å². The summed E-state index contributed by atoms with van der Waals surface area (Å²) in [5, 5.41) is 8.74. The maximum Gasteiger partial charge on any atom is 0.406 e. The molecule has 100 valence electrons. The van der Waals surface area contributed by atoms with E-state index in [1.807, 2.05) is 0 Å². The molecule has 0 saturated heterocycles. The second kappa shape index (κ2) is 5.86. The van der Waals surface area contributed by atoms with Gasteiger partial charge in [-0.2, -0.15) is 13.2 Å². The van der Waals surface area contributed by atoms with E-state index in [1.54, 1.807) is 25.1 Å². The van der Waals surface area contributed by atoms with Crippen molar-refractivity contribution >= 4 is 5.91 Å². The van der Waals surface area contributed by atoms with E-state index in [9.17, 15) is 18.0 Å². The number of amides is 1. The minimum atomic E-state index is -4.48. The number of aliphatic hydroxyl groups is 1. The Morgan fingerprint density at radius 2 is 1.94 bits per heavy atom. The van der Waals surface area contributed by atoms with Crippen LogP contribution in [0.3, 0.4) is 0 Å². The largest absolute Gasteiger partial charge is 0.406 e. The van der Waals surface area contributed by atoms with Crippen molar-refractivity contribution in [3.05, 3.63) is 35.4 Å². The number of rotatable bonds is 4. The van der Waals surface area contributed by atoms with Crippen LogP contribution in [0.25, 0.3) is 0 Å². The zero-order chi connectivity index (χ0) is 13.8. The molecule has 0 aliphatic heterocycles. The van der Waals surface area contributed by atoms with E-state index in [0.717, 1.165) is 0 Å². The Balaban J connectivity index is 2.93. The predicted octanol–water partition coefficient (Wildman–Crippen LogP) is 1.99. The molecule has 0 aromatic heterocycles. The first-order chi connectivity index (χ1) is 8.35. The number of hydrogen-bond acceptors (Lipinski definition) is 2. The number of aryl methyl sites for hydroxylation is 1. The van der Waals surface area contributed by atoms with E-state index in [-0.39, 0.29) is 12.1 Å². The number of carbonyl (C=O) groups is 1. The fourth-order valence-electron chi connectivity index (χ4n) is 1.57. The number of hydrogen-bond donors (Lipinski definition) is 1. The highest BCUT2D eigenvalue weighted by atomic mass is 19.4. The molecular weight excluding hydrogens is 247 g/mol. The topological polar surface area (TPSA) is 40.5 Å². The van der Waals surface area contributed by atoms with Crippen molar-refractivity contribution in [1.82, 2.24) is 4.90 Å². The zero-order valence-electron chi connectivity index (χ0n) is 9.87. The Morgan fingerprint density at radius 3 is 2.44 bits per heavy atom. The summed E-state index contributed by atoms with van der Waals surface area (Å²) in [6, 6.07) is 6.41. The molecule has 0 radical (unpaired) electrons. The van der Waals surface area contributed by atoms with Crippen LogP contribution in [-0.2, 0) is 0 Å². The van der Waals surface area contributed by atoms with Gasteiger partial charge < -0.3 is 10.0 Å². The number of carbonyl (C=O) groups excluding carboxylic acids is 1. The van der Waals surface area contributed by atoms with Gasteiger partial charge in [-0.05, 0) is 18.6 Å². The summed E-state index contributed by atoms with van der Waals surface area (Å²) in [5.74, 6) is -0.723. The molecule has 0 bridgehead atoms. The molecule has 0 spiro atoms. The van der Waals surface area contributed by atoms with E-state index in [2.05, 4.69) is 0 Å². The van der Waals surface area contributed by atoms with Gasteiger partial charge in [0.1, 0.15) is 6.54 Å². The van der Waals surface area contributed by atoms with Crippen molar-refractivity contribution in [3.8, 4) is 0 Å². The molecule has 1 aromatic rings. The van der Waals surface area contributed by atoms with E-state index in [4.69, 9.17) is 5.11 Å². The van der Waals surface area contributed by atoms with Gasteiger partial charge in [-0.3, -0.25) is 4.79 Å². The summed E-state index contributed by atoms with van der Waals surface area (Å²) in [6.07, 6.45) is -4.48. The highest BCUT2D eigenvalue weighted by Crippen LogP contribution is 2.19. The fourth-order valence-corrected chi connectivity index (χ4v) is 1.57. The van der Waals surface area contributed by atoms with E-state index < -0.39 is 25.2 Å². The monoisotopic (exact) mass is 261 g/mol. The van der Waals surface area contributed by atoms with Crippen LogP contribution in [0.15, 0.2) is 24.3 Å².